The van der Waals surface area contributed by atoms with Gasteiger partial charge in [-0.15, -0.1) is 0 Å². The van der Waals surface area contributed by atoms with Gasteiger partial charge in [0.1, 0.15) is 23.5 Å². The van der Waals surface area contributed by atoms with Crippen molar-refractivity contribution in [3.8, 4) is 17.1 Å². The number of nitrogens with zero attached hydrogens (tertiary/aromatic N) is 7. The summed E-state index contributed by atoms with van der Waals surface area (Å²) in [6.45, 7) is 5.54. The van der Waals surface area contributed by atoms with Gasteiger partial charge in [-0.1, -0.05) is 18.2 Å². The van der Waals surface area contributed by atoms with E-state index in [0.717, 1.165) is 5.56 Å². The summed E-state index contributed by atoms with van der Waals surface area (Å²) in [6.07, 6.45) is 3.15. The molecule has 1 atom stereocenters. The van der Waals surface area contributed by atoms with Gasteiger partial charge in [0, 0.05) is 18.2 Å². The van der Waals surface area contributed by atoms with Gasteiger partial charge in [0.25, 0.3) is 11.4 Å². The van der Waals surface area contributed by atoms with Crippen molar-refractivity contribution in [2.75, 3.05) is 11.1 Å². The summed E-state index contributed by atoms with van der Waals surface area (Å²) in [5.41, 5.74) is 8.61. The van der Waals surface area contributed by atoms with Gasteiger partial charge in [0.2, 0.25) is 0 Å². The number of anilines is 2. The summed E-state index contributed by atoms with van der Waals surface area (Å²) in [7, 11) is 1.75. The summed E-state index contributed by atoms with van der Waals surface area (Å²) in [5, 5.41) is 12.4. The third-order valence-corrected chi connectivity index (χ3v) is 5.59. The topological polar surface area (TPSA) is 133 Å². The van der Waals surface area contributed by atoms with Crippen molar-refractivity contribution in [1.82, 2.24) is 29.2 Å². The van der Waals surface area contributed by atoms with E-state index in [4.69, 9.17) is 15.2 Å². The maximum Gasteiger partial charge on any atom is 0.415 e. The van der Waals surface area contributed by atoms with Crippen LogP contribution in [0.25, 0.3) is 22.7 Å². The van der Waals surface area contributed by atoms with Gasteiger partial charge in [-0.05, 0) is 42.3 Å². The first-order chi connectivity index (χ1) is 16.3. The summed E-state index contributed by atoms with van der Waals surface area (Å²) >= 11 is 0. The van der Waals surface area contributed by atoms with E-state index in [-0.39, 0.29) is 11.4 Å². The van der Waals surface area contributed by atoms with E-state index in [1.165, 1.54) is 6.33 Å². The summed E-state index contributed by atoms with van der Waals surface area (Å²) < 4.78 is 10.6. The van der Waals surface area contributed by atoms with Crippen molar-refractivity contribution in [3.05, 3.63) is 76.6 Å². The molecule has 0 spiro atoms. The van der Waals surface area contributed by atoms with Crippen LogP contribution in [0.5, 0.6) is 0 Å². The van der Waals surface area contributed by atoms with Crippen LogP contribution in [0.1, 0.15) is 30.2 Å². The molecule has 0 radical (unpaired) electrons. The Morgan fingerprint density at radius 3 is 2.62 bits per heavy atom. The minimum atomic E-state index is -0.442. The highest BCUT2D eigenvalue weighted by Gasteiger charge is 2.28. The highest BCUT2D eigenvalue weighted by molar-refractivity contribution is 5.77. The van der Waals surface area contributed by atoms with E-state index in [0.29, 0.717) is 40.2 Å². The molecular weight excluding hydrogens is 434 g/mol. The molecule has 4 heterocycles. The lowest BCUT2D eigenvalue weighted by Crippen LogP contribution is -2.33. The molecule has 0 aliphatic rings. The summed E-state index contributed by atoms with van der Waals surface area (Å²) in [4.78, 5) is 22.1. The maximum absolute atomic E-state index is 13.6. The monoisotopic (exact) mass is 458 g/mol. The SMILES string of the molecule is Cc1n[n+](C)c(-c2c(N)ncnc2NC(C)c2nn3ccc(C)c3c(=O)n2-c2ccccc2)o1. The fraction of sp³-hybridized carbons (Fsp3) is 0.217. The number of nitrogen functional groups attached to an aromatic ring is 1. The molecule has 0 fully saturated rings. The molecule has 1 aromatic carbocycles. The Bertz CT molecular complexity index is 1570. The zero-order valence-corrected chi connectivity index (χ0v) is 19.2. The van der Waals surface area contributed by atoms with E-state index in [2.05, 4.69) is 20.4 Å². The van der Waals surface area contributed by atoms with Gasteiger partial charge in [-0.25, -0.2) is 14.5 Å². The van der Waals surface area contributed by atoms with Crippen molar-refractivity contribution < 1.29 is 9.10 Å². The lowest BCUT2D eigenvalue weighted by molar-refractivity contribution is -0.720. The highest BCUT2D eigenvalue weighted by Crippen LogP contribution is 2.31. The zero-order chi connectivity index (χ0) is 24.0. The molecule has 3 N–H and O–H groups in total. The van der Waals surface area contributed by atoms with Gasteiger partial charge in [0.05, 0.1) is 11.7 Å². The van der Waals surface area contributed by atoms with Crippen LogP contribution in [0, 0.1) is 13.8 Å². The fourth-order valence-electron chi connectivity index (χ4n) is 4.02. The third kappa shape index (κ3) is 3.47. The minimum absolute atomic E-state index is 0.160. The Morgan fingerprint density at radius 1 is 1.15 bits per heavy atom. The van der Waals surface area contributed by atoms with E-state index in [9.17, 15) is 4.79 Å². The van der Waals surface area contributed by atoms with Gasteiger partial charge < -0.3 is 15.5 Å². The third-order valence-electron chi connectivity index (χ3n) is 5.59. The molecule has 0 saturated carbocycles. The van der Waals surface area contributed by atoms with Crippen LogP contribution in [0.2, 0.25) is 0 Å². The standard InChI is InChI=1S/C23H23N9O2/c1-13-10-11-31-18(13)22(33)32(16-8-6-5-7-9-16)21(29-31)14(2)27-20-17(19(24)25-12-26-20)23-30(4)28-15(3)34-23/h5-12,14H,1-4H3,(H2,24,25,26,27)/p+1. The molecule has 0 amide bonds. The Kier molecular flexibility index (Phi) is 5.08. The average Bonchev–Trinajstić information content (AvgIpc) is 3.35. The number of aryl methyl sites for hydroxylation is 3. The molecule has 0 saturated heterocycles. The largest absolute Gasteiger partial charge is 0.415 e. The number of nitrogens with two attached hydrogens (primary N) is 1. The second-order valence-electron chi connectivity index (χ2n) is 8.02. The Morgan fingerprint density at radius 2 is 1.91 bits per heavy atom. The zero-order valence-electron chi connectivity index (χ0n) is 19.2. The van der Waals surface area contributed by atoms with E-state index in [1.807, 2.05) is 50.2 Å². The van der Waals surface area contributed by atoms with Gasteiger partial charge >= 0.3 is 5.89 Å². The molecular formula is C23H24N9O2+. The number of rotatable bonds is 5. The van der Waals surface area contributed by atoms with Crippen molar-refractivity contribution in [3.63, 3.8) is 0 Å². The second kappa shape index (κ2) is 8.10. The molecule has 0 aliphatic heterocycles. The van der Waals surface area contributed by atoms with E-state index in [1.54, 1.807) is 33.9 Å². The molecule has 34 heavy (non-hydrogen) atoms. The van der Waals surface area contributed by atoms with Crippen molar-refractivity contribution >= 4 is 17.2 Å². The highest BCUT2D eigenvalue weighted by atomic mass is 16.4. The molecule has 0 aliphatic carbocycles. The Hall–Kier alpha value is -4.54. The minimum Gasteiger partial charge on any atom is -0.383 e. The number of hydrogen-bond acceptors (Lipinski definition) is 8. The first-order valence-electron chi connectivity index (χ1n) is 10.7. The molecule has 11 nitrogen and oxygen atoms in total. The first kappa shape index (κ1) is 21.3. The predicted octanol–water partition coefficient (Wildman–Crippen LogP) is 2.13. The Labute approximate surface area is 194 Å². The van der Waals surface area contributed by atoms with Crippen LogP contribution in [0.15, 0.2) is 58.1 Å². The van der Waals surface area contributed by atoms with Crippen molar-refractivity contribution in [1.29, 1.82) is 0 Å². The first-order valence-corrected chi connectivity index (χ1v) is 10.7. The van der Waals surface area contributed by atoms with Crippen LogP contribution in [-0.2, 0) is 7.05 Å². The number of nitrogens with one attached hydrogen (secondary N) is 1. The number of hydrogen-bond donors (Lipinski definition) is 2. The van der Waals surface area contributed by atoms with Crippen LogP contribution < -0.4 is 21.3 Å². The van der Waals surface area contributed by atoms with Crippen molar-refractivity contribution in [2.24, 2.45) is 7.05 Å². The number of benzene rings is 1. The van der Waals surface area contributed by atoms with Gasteiger partial charge in [-0.2, -0.15) is 5.10 Å². The number of fused-ring (bicyclic) bond motifs is 1. The van der Waals surface area contributed by atoms with Gasteiger partial charge in [0.15, 0.2) is 18.4 Å². The van der Waals surface area contributed by atoms with Gasteiger partial charge in [-0.3, -0.25) is 9.36 Å². The van der Waals surface area contributed by atoms with E-state index >= 15 is 0 Å². The van der Waals surface area contributed by atoms with Crippen LogP contribution >= 0.6 is 0 Å². The molecule has 4 aromatic heterocycles. The average molecular weight is 459 g/mol. The lowest BCUT2D eigenvalue weighted by Gasteiger charge is -2.20. The lowest BCUT2D eigenvalue weighted by atomic mass is 10.2. The number of aromatic nitrogens is 7. The summed E-state index contributed by atoms with van der Waals surface area (Å²) in [5.74, 6) is 2.06. The normalized spacial score (nSPS) is 12.2. The Balaban J connectivity index is 1.66. The van der Waals surface area contributed by atoms with Crippen LogP contribution in [-0.4, -0.2) is 29.2 Å². The molecule has 5 aromatic rings. The number of para-hydroxylation sites is 1. The molecule has 0 bridgehead atoms. The fourth-order valence-corrected chi connectivity index (χ4v) is 4.02. The molecule has 5 rings (SSSR count). The molecule has 1 unspecified atom stereocenters. The second-order valence-corrected chi connectivity index (χ2v) is 8.02. The summed E-state index contributed by atoms with van der Waals surface area (Å²) in [6, 6.07) is 10.8. The molecule has 172 valence electrons. The van der Waals surface area contributed by atoms with E-state index < -0.39 is 6.04 Å². The van der Waals surface area contributed by atoms with Crippen LogP contribution in [0.3, 0.4) is 0 Å². The smallest absolute Gasteiger partial charge is 0.383 e. The molecule has 11 heteroatoms. The van der Waals surface area contributed by atoms with Crippen LogP contribution in [0.4, 0.5) is 11.6 Å². The quantitative estimate of drug-likeness (QED) is 0.383. The maximum atomic E-state index is 13.6. The predicted molar refractivity (Wildman–Crippen MR) is 125 cm³/mol. The van der Waals surface area contributed by atoms with Crippen molar-refractivity contribution in [2.45, 2.75) is 26.8 Å².